The van der Waals surface area contributed by atoms with Crippen LogP contribution < -0.4 is 4.74 Å². The molecule has 0 heterocycles. The van der Waals surface area contributed by atoms with Crippen LogP contribution >= 0.6 is 11.6 Å². The molecule has 0 aromatic heterocycles. The summed E-state index contributed by atoms with van der Waals surface area (Å²) in [4.78, 5) is 0. The van der Waals surface area contributed by atoms with Crippen LogP contribution in [0, 0.1) is 5.82 Å². The maximum Gasteiger partial charge on any atom is 0.128 e. The van der Waals surface area contributed by atoms with Crippen molar-refractivity contribution in [3.63, 3.8) is 0 Å². The molecular weight excluding hydrogens is 287 g/mol. The molecule has 21 heavy (non-hydrogen) atoms. The van der Waals surface area contributed by atoms with Gasteiger partial charge in [-0.25, -0.2) is 4.39 Å². The Kier molecular flexibility index (Phi) is 3.80. The van der Waals surface area contributed by atoms with Crippen molar-refractivity contribution in [2.75, 3.05) is 7.11 Å². The van der Waals surface area contributed by atoms with Gasteiger partial charge in [0.15, 0.2) is 0 Å². The third-order valence-corrected chi connectivity index (χ3v) is 4.06. The Balaban J connectivity index is 2.19. The van der Waals surface area contributed by atoms with Crippen molar-refractivity contribution < 1.29 is 9.13 Å². The monoisotopic (exact) mass is 300 g/mol. The largest absolute Gasteiger partial charge is 0.496 e. The third kappa shape index (κ3) is 2.47. The first kappa shape index (κ1) is 13.9. The molecule has 3 aromatic rings. The molecule has 1 atom stereocenters. The first-order chi connectivity index (χ1) is 10.2. The fraction of sp³-hybridized carbons (Fsp3) is 0.111. The van der Waals surface area contributed by atoms with Crippen LogP contribution in [0.4, 0.5) is 4.39 Å². The average Bonchev–Trinajstić information content (AvgIpc) is 2.53. The Labute approximate surface area is 127 Å². The summed E-state index contributed by atoms with van der Waals surface area (Å²) in [6.45, 7) is 0. The van der Waals surface area contributed by atoms with Crippen molar-refractivity contribution in [2.24, 2.45) is 0 Å². The third-order valence-electron chi connectivity index (χ3n) is 3.59. The van der Waals surface area contributed by atoms with Gasteiger partial charge in [-0.05, 0) is 23.1 Å². The first-order valence-electron chi connectivity index (χ1n) is 6.66. The highest BCUT2D eigenvalue weighted by Crippen LogP contribution is 2.37. The second-order valence-corrected chi connectivity index (χ2v) is 5.22. The summed E-state index contributed by atoms with van der Waals surface area (Å²) < 4.78 is 19.3. The molecular formula is C18H14ClFO. The van der Waals surface area contributed by atoms with E-state index in [1.165, 1.54) is 6.07 Å². The predicted molar refractivity (Wildman–Crippen MR) is 84.6 cm³/mol. The highest BCUT2D eigenvalue weighted by molar-refractivity contribution is 6.23. The van der Waals surface area contributed by atoms with E-state index in [4.69, 9.17) is 16.3 Å². The van der Waals surface area contributed by atoms with E-state index < -0.39 is 5.38 Å². The summed E-state index contributed by atoms with van der Waals surface area (Å²) >= 11 is 6.53. The fourth-order valence-electron chi connectivity index (χ4n) is 2.54. The second-order valence-electron chi connectivity index (χ2n) is 4.79. The van der Waals surface area contributed by atoms with E-state index in [9.17, 15) is 4.39 Å². The molecule has 0 saturated heterocycles. The van der Waals surface area contributed by atoms with Crippen molar-refractivity contribution in [1.29, 1.82) is 0 Å². The van der Waals surface area contributed by atoms with Crippen LogP contribution in [-0.4, -0.2) is 7.11 Å². The van der Waals surface area contributed by atoms with E-state index in [0.29, 0.717) is 5.56 Å². The Hall–Kier alpha value is -2.06. The number of hydrogen-bond acceptors (Lipinski definition) is 1. The zero-order chi connectivity index (χ0) is 14.8. The molecule has 1 unspecified atom stereocenters. The lowest BCUT2D eigenvalue weighted by atomic mass is 9.97. The van der Waals surface area contributed by atoms with Gasteiger partial charge in [0, 0.05) is 10.9 Å². The summed E-state index contributed by atoms with van der Waals surface area (Å²) in [5.41, 5.74) is 1.35. The second kappa shape index (κ2) is 5.74. The van der Waals surface area contributed by atoms with E-state index in [1.807, 2.05) is 36.4 Å². The molecule has 0 amide bonds. The fourth-order valence-corrected chi connectivity index (χ4v) is 2.91. The standard InChI is InChI=1S/C18H14ClFO/c1-21-17-11-10-14(12-6-2-3-7-13(12)17)18(19)15-8-4-5-9-16(15)20/h2-11,18H,1H3. The lowest BCUT2D eigenvalue weighted by molar-refractivity contribution is 0.419. The topological polar surface area (TPSA) is 9.23 Å². The van der Waals surface area contributed by atoms with Crippen LogP contribution in [0.25, 0.3) is 10.8 Å². The molecule has 0 aliphatic heterocycles. The van der Waals surface area contributed by atoms with Crippen LogP contribution in [-0.2, 0) is 0 Å². The highest BCUT2D eigenvalue weighted by Gasteiger charge is 2.18. The minimum absolute atomic E-state index is 0.294. The van der Waals surface area contributed by atoms with Crippen molar-refractivity contribution in [1.82, 2.24) is 0 Å². The number of halogens is 2. The lowest BCUT2D eigenvalue weighted by Gasteiger charge is -2.15. The molecule has 0 spiro atoms. The van der Waals surface area contributed by atoms with Crippen molar-refractivity contribution in [3.8, 4) is 5.75 Å². The number of methoxy groups -OCH3 is 1. The van der Waals surface area contributed by atoms with Crippen molar-refractivity contribution in [3.05, 3.63) is 77.6 Å². The summed E-state index contributed by atoms with van der Waals surface area (Å²) in [6.07, 6.45) is 0. The molecule has 0 aliphatic rings. The number of rotatable bonds is 3. The molecule has 3 rings (SSSR count). The number of alkyl halides is 1. The molecule has 3 aromatic carbocycles. The summed E-state index contributed by atoms with van der Waals surface area (Å²) in [5.74, 6) is 0.490. The van der Waals surface area contributed by atoms with Crippen LogP contribution in [0.2, 0.25) is 0 Å². The molecule has 0 N–H and O–H groups in total. The van der Waals surface area contributed by atoms with Crippen LogP contribution in [0.5, 0.6) is 5.75 Å². The highest BCUT2D eigenvalue weighted by atomic mass is 35.5. The molecule has 0 saturated carbocycles. The quantitative estimate of drug-likeness (QED) is 0.595. The summed E-state index contributed by atoms with van der Waals surface area (Å²) in [7, 11) is 1.64. The number of ether oxygens (including phenoxy) is 1. The average molecular weight is 301 g/mol. The number of benzene rings is 3. The van der Waals surface area contributed by atoms with Gasteiger partial charge in [0.2, 0.25) is 0 Å². The molecule has 3 heteroatoms. The Bertz CT molecular complexity index is 785. The number of hydrogen-bond donors (Lipinski definition) is 0. The first-order valence-corrected chi connectivity index (χ1v) is 7.10. The molecule has 0 radical (unpaired) electrons. The molecule has 106 valence electrons. The maximum absolute atomic E-state index is 14.0. The van der Waals surface area contributed by atoms with Crippen LogP contribution in [0.15, 0.2) is 60.7 Å². The van der Waals surface area contributed by atoms with Gasteiger partial charge in [-0.15, -0.1) is 11.6 Å². The van der Waals surface area contributed by atoms with E-state index in [-0.39, 0.29) is 5.82 Å². The van der Waals surface area contributed by atoms with Crippen molar-refractivity contribution in [2.45, 2.75) is 5.38 Å². The SMILES string of the molecule is COc1ccc(C(Cl)c2ccccc2F)c2ccccc12. The maximum atomic E-state index is 14.0. The minimum atomic E-state index is -0.540. The van der Waals surface area contributed by atoms with Crippen LogP contribution in [0.3, 0.4) is 0 Å². The summed E-state index contributed by atoms with van der Waals surface area (Å²) in [5, 5.41) is 1.40. The van der Waals surface area contributed by atoms with E-state index in [1.54, 1.807) is 25.3 Å². The number of fused-ring (bicyclic) bond motifs is 1. The lowest BCUT2D eigenvalue weighted by Crippen LogP contribution is -1.98. The van der Waals surface area contributed by atoms with Gasteiger partial charge < -0.3 is 4.74 Å². The van der Waals surface area contributed by atoms with E-state index in [2.05, 4.69) is 0 Å². The molecule has 1 nitrogen and oxygen atoms in total. The van der Waals surface area contributed by atoms with Gasteiger partial charge in [-0.2, -0.15) is 0 Å². The zero-order valence-electron chi connectivity index (χ0n) is 11.5. The van der Waals surface area contributed by atoms with E-state index >= 15 is 0 Å². The normalized spacial score (nSPS) is 12.3. The van der Waals surface area contributed by atoms with Gasteiger partial charge in [0.05, 0.1) is 12.5 Å². The van der Waals surface area contributed by atoms with E-state index in [0.717, 1.165) is 22.1 Å². The summed E-state index contributed by atoms with van der Waals surface area (Å²) in [6, 6.07) is 18.2. The Morgan fingerprint density at radius 2 is 1.52 bits per heavy atom. The van der Waals surface area contributed by atoms with Gasteiger partial charge in [-0.3, -0.25) is 0 Å². The smallest absolute Gasteiger partial charge is 0.128 e. The predicted octanol–water partition coefficient (Wildman–Crippen LogP) is 5.32. The zero-order valence-corrected chi connectivity index (χ0v) is 12.3. The molecule has 0 fully saturated rings. The van der Waals surface area contributed by atoms with Gasteiger partial charge >= 0.3 is 0 Å². The molecule has 0 bridgehead atoms. The van der Waals surface area contributed by atoms with Gasteiger partial charge in [0.25, 0.3) is 0 Å². The van der Waals surface area contributed by atoms with Crippen molar-refractivity contribution >= 4 is 22.4 Å². The van der Waals surface area contributed by atoms with Gasteiger partial charge in [0.1, 0.15) is 11.6 Å². The minimum Gasteiger partial charge on any atom is -0.496 e. The van der Waals surface area contributed by atoms with Crippen LogP contribution in [0.1, 0.15) is 16.5 Å². The molecule has 0 aliphatic carbocycles. The Morgan fingerprint density at radius 1 is 0.857 bits per heavy atom. The Morgan fingerprint density at radius 3 is 2.24 bits per heavy atom. The van der Waals surface area contributed by atoms with Gasteiger partial charge in [-0.1, -0.05) is 48.5 Å².